The van der Waals surface area contributed by atoms with E-state index < -0.39 is 36.2 Å². The molecule has 4 atom stereocenters. The Bertz CT molecular complexity index is 1410. The number of carboxylic acids is 1. The number of β-amino-alcohol motifs (C(OH)–C–C–N with tert-alkyl or cyclic N) is 1. The number of methoxy groups -OCH3 is 1. The van der Waals surface area contributed by atoms with E-state index in [2.05, 4.69) is 31.2 Å². The van der Waals surface area contributed by atoms with Gasteiger partial charge < -0.3 is 46.1 Å². The molecule has 1 amide bonds. The maximum absolute atomic E-state index is 12.5. The Morgan fingerprint density at radius 2 is 2.00 bits per heavy atom. The molecule has 13 heteroatoms. The standard InChI is InChI=1S/C28H36N6O7/c1-15(25-26(41-2)20-5-3-4-6-21(20)34-25)32-22(27(39)40)14-29-24(38)8-7-23(37)16-9-17(11-18(35)10-16)33-28-30-12-19(36)13-31-28/h3-6,9-11,15,19,22-23,32,34-37H,7-8,12-14H2,1-2H3,(H,29,38)(H,39,40)(H2,30,31,33). The van der Waals surface area contributed by atoms with E-state index in [4.69, 9.17) is 4.74 Å². The molecule has 0 saturated heterocycles. The average Bonchev–Trinajstić information content (AvgIpc) is 3.33. The summed E-state index contributed by atoms with van der Waals surface area (Å²) in [7, 11) is 1.55. The SMILES string of the molecule is COc1c(C(C)NC(CNC(=O)CCC(O)c2cc(O)cc(NC3=NCC(O)CN3)c2)C(=O)O)[nH]c2ccccc12. The molecule has 1 aliphatic heterocycles. The van der Waals surface area contributed by atoms with E-state index in [0.717, 1.165) is 10.9 Å². The average molecular weight is 569 g/mol. The fourth-order valence-electron chi connectivity index (χ4n) is 4.65. The van der Waals surface area contributed by atoms with Crippen molar-refractivity contribution in [2.75, 3.05) is 32.1 Å². The number of H-pyrrole nitrogens is 1. The van der Waals surface area contributed by atoms with Crippen LogP contribution in [0.3, 0.4) is 0 Å². The summed E-state index contributed by atoms with van der Waals surface area (Å²) in [5.74, 6) is -0.583. The normalized spacial score (nSPS) is 17.2. The van der Waals surface area contributed by atoms with Gasteiger partial charge in [-0.2, -0.15) is 0 Å². The number of aliphatic imine (C=N–C) groups is 1. The molecule has 0 saturated carbocycles. The third-order valence-electron chi connectivity index (χ3n) is 6.77. The number of hydrogen-bond donors (Lipinski definition) is 9. The first-order valence-corrected chi connectivity index (χ1v) is 13.3. The number of aromatic hydroxyl groups is 1. The molecule has 2 aromatic carbocycles. The number of aliphatic carboxylic acids is 1. The highest BCUT2D eigenvalue weighted by Crippen LogP contribution is 2.33. The largest absolute Gasteiger partial charge is 0.508 e. The maximum atomic E-state index is 12.5. The number of para-hydroxylation sites is 1. The molecule has 0 fully saturated rings. The van der Waals surface area contributed by atoms with Crippen LogP contribution in [0.1, 0.15) is 43.2 Å². The summed E-state index contributed by atoms with van der Waals surface area (Å²) < 4.78 is 5.56. The maximum Gasteiger partial charge on any atom is 0.322 e. The number of aliphatic hydroxyl groups is 2. The lowest BCUT2D eigenvalue weighted by Crippen LogP contribution is -2.47. The lowest BCUT2D eigenvalue weighted by atomic mass is 10.0. The number of hydrogen-bond acceptors (Lipinski definition) is 10. The molecule has 41 heavy (non-hydrogen) atoms. The minimum atomic E-state index is -1.13. The van der Waals surface area contributed by atoms with E-state index in [1.807, 2.05) is 24.3 Å². The van der Waals surface area contributed by atoms with Gasteiger partial charge in [0.05, 0.1) is 31.6 Å². The smallest absolute Gasteiger partial charge is 0.322 e. The highest BCUT2D eigenvalue weighted by Gasteiger charge is 2.25. The Morgan fingerprint density at radius 1 is 1.22 bits per heavy atom. The van der Waals surface area contributed by atoms with Crippen molar-refractivity contribution < 1.29 is 34.8 Å². The predicted molar refractivity (Wildman–Crippen MR) is 153 cm³/mol. The molecular weight excluding hydrogens is 532 g/mol. The number of phenolic OH excluding ortho intramolecular Hbond substituents is 1. The number of guanidine groups is 1. The van der Waals surface area contributed by atoms with Gasteiger partial charge in [-0.15, -0.1) is 0 Å². The molecule has 4 unspecified atom stereocenters. The van der Waals surface area contributed by atoms with E-state index in [-0.39, 0.29) is 31.7 Å². The molecule has 1 aromatic heterocycles. The number of rotatable bonds is 12. The van der Waals surface area contributed by atoms with Gasteiger partial charge in [0.15, 0.2) is 5.96 Å². The lowest BCUT2D eigenvalue weighted by Gasteiger charge is -2.21. The van der Waals surface area contributed by atoms with Gasteiger partial charge in [-0.1, -0.05) is 12.1 Å². The van der Waals surface area contributed by atoms with E-state index in [0.29, 0.717) is 35.2 Å². The molecular formula is C28H36N6O7. The molecule has 13 nitrogen and oxygen atoms in total. The van der Waals surface area contributed by atoms with Crippen molar-refractivity contribution in [3.05, 3.63) is 53.7 Å². The van der Waals surface area contributed by atoms with Gasteiger partial charge in [0.25, 0.3) is 0 Å². The minimum Gasteiger partial charge on any atom is -0.508 e. The Labute approximate surface area is 236 Å². The zero-order valence-corrected chi connectivity index (χ0v) is 22.8. The molecule has 0 bridgehead atoms. The summed E-state index contributed by atoms with van der Waals surface area (Å²) in [6.07, 6.45) is -1.64. The van der Waals surface area contributed by atoms with Crippen LogP contribution in [0.15, 0.2) is 47.5 Å². The number of aromatic amines is 1. The topological polar surface area (TPSA) is 201 Å². The van der Waals surface area contributed by atoms with Gasteiger partial charge in [0.2, 0.25) is 5.91 Å². The van der Waals surface area contributed by atoms with Gasteiger partial charge >= 0.3 is 5.97 Å². The summed E-state index contributed by atoms with van der Waals surface area (Å²) in [6.45, 7) is 2.22. The van der Waals surface area contributed by atoms with Crippen molar-refractivity contribution in [3.63, 3.8) is 0 Å². The quantitative estimate of drug-likeness (QED) is 0.154. The molecule has 4 rings (SSSR count). The number of amides is 1. The second-order valence-electron chi connectivity index (χ2n) is 9.92. The van der Waals surface area contributed by atoms with Gasteiger partial charge in [0.1, 0.15) is 17.5 Å². The van der Waals surface area contributed by atoms with Gasteiger partial charge in [0, 0.05) is 48.2 Å². The third-order valence-corrected chi connectivity index (χ3v) is 6.77. The zero-order chi connectivity index (χ0) is 29.5. The Balaban J connectivity index is 1.30. The number of benzene rings is 2. The first kappa shape index (κ1) is 29.6. The number of nitrogens with zero attached hydrogens (tertiary/aromatic N) is 1. The Morgan fingerprint density at radius 3 is 2.71 bits per heavy atom. The van der Waals surface area contributed by atoms with E-state index >= 15 is 0 Å². The van der Waals surface area contributed by atoms with Crippen molar-refractivity contribution in [2.24, 2.45) is 4.99 Å². The van der Waals surface area contributed by atoms with Crippen LogP contribution in [0.4, 0.5) is 5.69 Å². The highest BCUT2D eigenvalue weighted by atomic mass is 16.5. The Hall–Kier alpha value is -4.33. The number of carbonyl (C=O) groups is 2. The molecule has 2 heterocycles. The van der Waals surface area contributed by atoms with Crippen molar-refractivity contribution >= 4 is 34.4 Å². The fraction of sp³-hybridized carbons (Fsp3) is 0.393. The number of phenols is 1. The van der Waals surface area contributed by atoms with Crippen molar-refractivity contribution in [1.29, 1.82) is 0 Å². The van der Waals surface area contributed by atoms with Crippen LogP contribution in [-0.4, -0.2) is 82.1 Å². The molecule has 0 aliphatic carbocycles. The molecule has 9 N–H and O–H groups in total. The van der Waals surface area contributed by atoms with E-state index in [1.165, 1.54) is 12.1 Å². The number of aliphatic hydroxyl groups excluding tert-OH is 2. The molecule has 220 valence electrons. The van der Waals surface area contributed by atoms with Crippen LogP contribution in [-0.2, 0) is 9.59 Å². The summed E-state index contributed by atoms with van der Waals surface area (Å²) in [5, 5.41) is 52.5. The number of carboxylic acid groups (broad SMARTS) is 1. The van der Waals surface area contributed by atoms with Crippen LogP contribution in [0.5, 0.6) is 11.5 Å². The lowest BCUT2D eigenvalue weighted by molar-refractivity contribution is -0.139. The minimum absolute atomic E-state index is 0.0496. The van der Waals surface area contributed by atoms with Gasteiger partial charge in [-0.3, -0.25) is 19.9 Å². The summed E-state index contributed by atoms with van der Waals surface area (Å²) in [4.78, 5) is 31.9. The number of nitrogens with one attached hydrogen (secondary N) is 5. The van der Waals surface area contributed by atoms with Crippen molar-refractivity contribution in [1.82, 2.24) is 20.9 Å². The first-order valence-electron chi connectivity index (χ1n) is 13.3. The summed E-state index contributed by atoms with van der Waals surface area (Å²) in [5.41, 5.74) is 2.42. The van der Waals surface area contributed by atoms with Gasteiger partial charge in [-0.05, 0) is 43.2 Å². The predicted octanol–water partition coefficient (Wildman–Crippen LogP) is 1.35. The highest BCUT2D eigenvalue weighted by molar-refractivity contribution is 5.94. The number of aromatic nitrogens is 1. The Kier molecular flexibility index (Phi) is 9.65. The zero-order valence-electron chi connectivity index (χ0n) is 22.8. The van der Waals surface area contributed by atoms with Crippen molar-refractivity contribution in [2.45, 2.75) is 44.1 Å². The number of fused-ring (bicyclic) bond motifs is 1. The van der Waals surface area contributed by atoms with Crippen LogP contribution < -0.4 is 26.0 Å². The monoisotopic (exact) mass is 568 g/mol. The van der Waals surface area contributed by atoms with Crippen molar-refractivity contribution in [3.8, 4) is 11.5 Å². The second kappa shape index (κ2) is 13.4. The van der Waals surface area contributed by atoms with Gasteiger partial charge in [-0.25, -0.2) is 0 Å². The van der Waals surface area contributed by atoms with E-state index in [1.54, 1.807) is 20.1 Å². The number of carbonyl (C=O) groups excluding carboxylic acids is 1. The summed E-state index contributed by atoms with van der Waals surface area (Å²) in [6, 6.07) is 10.6. The number of anilines is 1. The fourth-order valence-corrected chi connectivity index (χ4v) is 4.65. The van der Waals surface area contributed by atoms with E-state index in [9.17, 15) is 30.0 Å². The molecule has 0 radical (unpaired) electrons. The van der Waals surface area contributed by atoms with Crippen LogP contribution >= 0.6 is 0 Å². The second-order valence-corrected chi connectivity index (χ2v) is 9.92. The molecule has 0 spiro atoms. The van der Waals surface area contributed by atoms with Crippen LogP contribution in [0.2, 0.25) is 0 Å². The number of ether oxygens (including phenoxy) is 1. The van der Waals surface area contributed by atoms with Crippen LogP contribution in [0, 0.1) is 0 Å². The first-order chi connectivity index (χ1) is 19.6. The molecule has 3 aromatic rings. The van der Waals surface area contributed by atoms with Crippen LogP contribution in [0.25, 0.3) is 10.9 Å². The molecule has 1 aliphatic rings. The third kappa shape index (κ3) is 7.66. The summed E-state index contributed by atoms with van der Waals surface area (Å²) >= 11 is 0.